The first-order chi connectivity index (χ1) is 8.37. The van der Waals surface area contributed by atoms with E-state index in [4.69, 9.17) is 0 Å². The molecule has 5 nitrogen and oxygen atoms in total. The Morgan fingerprint density at radius 3 is 2.61 bits per heavy atom. The predicted molar refractivity (Wildman–Crippen MR) is 70.2 cm³/mol. The van der Waals surface area contributed by atoms with Gasteiger partial charge in [-0.15, -0.1) is 0 Å². The van der Waals surface area contributed by atoms with Crippen molar-refractivity contribution >= 4 is 10.2 Å². The van der Waals surface area contributed by atoms with Crippen LogP contribution >= 0.6 is 0 Å². The number of rotatable bonds is 5. The van der Waals surface area contributed by atoms with E-state index >= 15 is 0 Å². The molecule has 0 aromatic carbocycles. The van der Waals surface area contributed by atoms with Crippen LogP contribution in [-0.2, 0) is 10.2 Å². The molecule has 1 heterocycles. The predicted octanol–water partition coefficient (Wildman–Crippen LogP) is 0.714. The van der Waals surface area contributed by atoms with E-state index in [0.29, 0.717) is 19.0 Å². The molecular formula is C12H24N2O3S. The lowest BCUT2D eigenvalue weighted by atomic mass is 10.1. The Hall–Kier alpha value is -0.170. The lowest BCUT2D eigenvalue weighted by molar-refractivity contribution is 0.154. The van der Waals surface area contributed by atoms with E-state index in [1.807, 2.05) is 0 Å². The molecule has 2 rings (SSSR count). The fourth-order valence-electron chi connectivity index (χ4n) is 2.69. The zero-order valence-electron chi connectivity index (χ0n) is 11.2. The fraction of sp³-hybridized carbons (Fsp3) is 1.00. The van der Waals surface area contributed by atoms with Gasteiger partial charge in [0, 0.05) is 19.1 Å². The van der Waals surface area contributed by atoms with E-state index in [1.54, 1.807) is 0 Å². The van der Waals surface area contributed by atoms with Gasteiger partial charge in [-0.25, -0.2) is 4.72 Å². The van der Waals surface area contributed by atoms with Crippen LogP contribution < -0.4 is 4.72 Å². The van der Waals surface area contributed by atoms with Gasteiger partial charge in [-0.1, -0.05) is 20.3 Å². The number of piperidine rings is 1. The summed E-state index contributed by atoms with van der Waals surface area (Å²) in [5.41, 5.74) is 0.279. The van der Waals surface area contributed by atoms with Crippen molar-refractivity contribution in [1.29, 1.82) is 0 Å². The minimum absolute atomic E-state index is 0.0875. The van der Waals surface area contributed by atoms with Crippen LogP contribution in [-0.4, -0.2) is 43.6 Å². The van der Waals surface area contributed by atoms with Crippen molar-refractivity contribution in [1.82, 2.24) is 9.03 Å². The molecule has 2 N–H and O–H groups in total. The summed E-state index contributed by atoms with van der Waals surface area (Å²) in [5, 5.41) is 9.26. The second-order valence-electron chi connectivity index (χ2n) is 6.19. The number of nitrogens with zero attached hydrogens (tertiary/aromatic N) is 1. The summed E-state index contributed by atoms with van der Waals surface area (Å²) in [7, 11) is -3.43. The average Bonchev–Trinajstić information content (AvgIpc) is 2.95. The molecule has 0 aromatic heterocycles. The molecule has 18 heavy (non-hydrogen) atoms. The maximum Gasteiger partial charge on any atom is 0.279 e. The van der Waals surface area contributed by atoms with Crippen molar-refractivity contribution in [3.05, 3.63) is 0 Å². The zero-order valence-corrected chi connectivity index (χ0v) is 12.0. The molecular weight excluding hydrogens is 252 g/mol. The quantitative estimate of drug-likeness (QED) is 0.777. The Morgan fingerprint density at radius 2 is 2.06 bits per heavy atom. The van der Waals surface area contributed by atoms with Gasteiger partial charge >= 0.3 is 0 Å². The highest BCUT2D eigenvalue weighted by Crippen LogP contribution is 2.51. The monoisotopic (exact) mass is 276 g/mol. The molecule has 2 fully saturated rings. The topological polar surface area (TPSA) is 69.6 Å². The molecule has 0 spiro atoms. The molecule has 1 aliphatic carbocycles. The molecule has 0 amide bonds. The summed E-state index contributed by atoms with van der Waals surface area (Å²) in [5.74, 6) is 0.449. The maximum absolute atomic E-state index is 12.2. The standard InChI is InChI=1S/C12H24N2O3S/c1-12(2)7-10(12)8-13-18(16,17)14-6-4-3-5-11(14)9-15/h10-11,13,15H,3-9H2,1-2H3. The minimum Gasteiger partial charge on any atom is -0.395 e. The lowest BCUT2D eigenvalue weighted by Gasteiger charge is -2.33. The van der Waals surface area contributed by atoms with Crippen molar-refractivity contribution in [2.45, 2.75) is 45.6 Å². The lowest BCUT2D eigenvalue weighted by Crippen LogP contribution is -2.50. The van der Waals surface area contributed by atoms with Crippen LogP contribution in [0.2, 0.25) is 0 Å². The van der Waals surface area contributed by atoms with Crippen LogP contribution in [0.3, 0.4) is 0 Å². The number of hydrogen-bond donors (Lipinski definition) is 2. The Labute approximate surface area is 110 Å². The van der Waals surface area contributed by atoms with Crippen molar-refractivity contribution < 1.29 is 13.5 Å². The van der Waals surface area contributed by atoms with E-state index in [9.17, 15) is 13.5 Å². The number of aliphatic hydroxyl groups excluding tert-OH is 1. The minimum atomic E-state index is -3.43. The summed E-state index contributed by atoms with van der Waals surface area (Å²) in [6.07, 6.45) is 3.71. The summed E-state index contributed by atoms with van der Waals surface area (Å²) in [4.78, 5) is 0. The van der Waals surface area contributed by atoms with Crippen LogP contribution in [0.25, 0.3) is 0 Å². The largest absolute Gasteiger partial charge is 0.395 e. The highest BCUT2D eigenvalue weighted by atomic mass is 32.2. The molecule has 6 heteroatoms. The fourth-order valence-corrected chi connectivity index (χ4v) is 4.20. The van der Waals surface area contributed by atoms with Gasteiger partial charge in [0.2, 0.25) is 0 Å². The molecule has 0 bridgehead atoms. The van der Waals surface area contributed by atoms with E-state index in [1.165, 1.54) is 4.31 Å². The van der Waals surface area contributed by atoms with Gasteiger partial charge in [-0.05, 0) is 30.6 Å². The normalized spacial score (nSPS) is 32.4. The molecule has 106 valence electrons. The van der Waals surface area contributed by atoms with Gasteiger partial charge in [0.1, 0.15) is 0 Å². The SMILES string of the molecule is CC1(C)CC1CNS(=O)(=O)N1CCCCC1CO. The van der Waals surface area contributed by atoms with Crippen molar-refractivity contribution in [3.8, 4) is 0 Å². The highest BCUT2D eigenvalue weighted by Gasteiger charge is 2.46. The third-order valence-corrected chi connectivity index (χ3v) is 5.95. The van der Waals surface area contributed by atoms with Crippen molar-refractivity contribution in [3.63, 3.8) is 0 Å². The molecule has 1 saturated heterocycles. The van der Waals surface area contributed by atoms with Gasteiger partial charge < -0.3 is 5.11 Å². The van der Waals surface area contributed by atoms with Crippen LogP contribution in [0, 0.1) is 11.3 Å². The van der Waals surface area contributed by atoms with E-state index in [2.05, 4.69) is 18.6 Å². The Morgan fingerprint density at radius 1 is 1.39 bits per heavy atom. The first kappa shape index (κ1) is 14.2. The summed E-state index contributed by atoms with van der Waals surface area (Å²) < 4.78 is 28.5. The second-order valence-corrected chi connectivity index (χ2v) is 7.89. The number of hydrogen-bond acceptors (Lipinski definition) is 3. The third kappa shape index (κ3) is 3.04. The van der Waals surface area contributed by atoms with Crippen molar-refractivity contribution in [2.24, 2.45) is 11.3 Å². The van der Waals surface area contributed by atoms with Crippen LogP contribution in [0.15, 0.2) is 0 Å². The summed E-state index contributed by atoms with van der Waals surface area (Å²) in [6.45, 7) is 5.27. The van der Waals surface area contributed by atoms with Gasteiger partial charge in [0.15, 0.2) is 0 Å². The summed E-state index contributed by atoms with van der Waals surface area (Å²) in [6, 6.07) is -0.247. The molecule has 1 saturated carbocycles. The number of aliphatic hydroxyl groups is 1. The highest BCUT2D eigenvalue weighted by molar-refractivity contribution is 7.87. The Balaban J connectivity index is 1.92. The van der Waals surface area contributed by atoms with Crippen LogP contribution in [0.5, 0.6) is 0 Å². The second kappa shape index (κ2) is 5.07. The average molecular weight is 276 g/mol. The molecule has 2 unspecified atom stereocenters. The summed E-state index contributed by atoms with van der Waals surface area (Å²) >= 11 is 0. The van der Waals surface area contributed by atoms with Gasteiger partial charge in [0.25, 0.3) is 10.2 Å². The molecule has 2 aliphatic rings. The molecule has 1 aliphatic heterocycles. The van der Waals surface area contributed by atoms with Crippen LogP contribution in [0.1, 0.15) is 39.5 Å². The van der Waals surface area contributed by atoms with E-state index < -0.39 is 10.2 Å². The van der Waals surface area contributed by atoms with Gasteiger partial charge in [-0.3, -0.25) is 0 Å². The van der Waals surface area contributed by atoms with E-state index in [-0.39, 0.29) is 18.1 Å². The third-order valence-electron chi connectivity index (χ3n) is 4.32. The Kier molecular flexibility index (Phi) is 4.02. The Bertz CT molecular complexity index is 394. The first-order valence-electron chi connectivity index (χ1n) is 6.74. The maximum atomic E-state index is 12.2. The molecule has 2 atom stereocenters. The van der Waals surface area contributed by atoms with Crippen LogP contribution in [0.4, 0.5) is 0 Å². The van der Waals surface area contributed by atoms with Gasteiger partial charge in [0.05, 0.1) is 6.61 Å². The van der Waals surface area contributed by atoms with Crippen molar-refractivity contribution in [2.75, 3.05) is 19.7 Å². The zero-order chi connectivity index (χ0) is 13.4. The number of nitrogens with one attached hydrogen (secondary N) is 1. The molecule has 0 aromatic rings. The van der Waals surface area contributed by atoms with E-state index in [0.717, 1.165) is 25.7 Å². The molecule has 0 radical (unpaired) electrons. The first-order valence-corrected chi connectivity index (χ1v) is 8.18. The smallest absolute Gasteiger partial charge is 0.279 e. The van der Waals surface area contributed by atoms with Gasteiger partial charge in [-0.2, -0.15) is 12.7 Å².